The van der Waals surface area contributed by atoms with Crippen molar-refractivity contribution in [2.24, 2.45) is 0 Å². The molecule has 8 nitrogen and oxygen atoms in total. The van der Waals surface area contributed by atoms with E-state index in [-0.39, 0.29) is 12.3 Å². The minimum absolute atomic E-state index is 0.0528. The normalized spacial score (nSPS) is 9.56. The second kappa shape index (κ2) is 6.18. The molecule has 8 heteroatoms. The Kier molecular flexibility index (Phi) is 4.61. The highest BCUT2D eigenvalue weighted by atomic mass is 16.6. The summed E-state index contributed by atoms with van der Waals surface area (Å²) >= 11 is 0. The number of amides is 2. The molecule has 0 aromatic heterocycles. The number of carbonyl (C=O) groups excluding carboxylic acids is 2. The third-order valence-electron chi connectivity index (χ3n) is 1.91. The number of hydrogen-bond donors (Lipinski definition) is 1. The van der Waals surface area contributed by atoms with Gasteiger partial charge < -0.3 is 10.1 Å². The molecule has 0 aliphatic heterocycles. The summed E-state index contributed by atoms with van der Waals surface area (Å²) in [5.74, 6) is -0.928. The van der Waals surface area contributed by atoms with Crippen LogP contribution >= 0.6 is 0 Å². The number of non-ortho nitro benzene ring substituents is 1. The number of benzene rings is 1. The molecule has 18 heavy (non-hydrogen) atoms. The molecule has 0 fully saturated rings. The van der Waals surface area contributed by atoms with Gasteiger partial charge in [0.1, 0.15) is 13.2 Å². The first-order valence-corrected chi connectivity index (χ1v) is 4.87. The average Bonchev–Trinajstić information content (AvgIpc) is 2.34. The van der Waals surface area contributed by atoms with Crippen molar-refractivity contribution >= 4 is 17.7 Å². The van der Waals surface area contributed by atoms with Crippen molar-refractivity contribution < 1.29 is 19.2 Å². The molecule has 95 valence electrons. The van der Waals surface area contributed by atoms with Gasteiger partial charge in [-0.25, -0.2) is 4.79 Å². The van der Waals surface area contributed by atoms with E-state index in [2.05, 4.69) is 5.32 Å². The quantitative estimate of drug-likeness (QED) is 0.608. The summed E-state index contributed by atoms with van der Waals surface area (Å²) in [6, 6.07) is 5.51. The zero-order valence-corrected chi connectivity index (χ0v) is 9.21. The first kappa shape index (κ1) is 13.4. The van der Waals surface area contributed by atoms with E-state index in [1.54, 1.807) is 0 Å². The Labute approximate surface area is 102 Å². The lowest BCUT2D eigenvalue weighted by atomic mass is 10.2. The van der Waals surface area contributed by atoms with Gasteiger partial charge in [0.15, 0.2) is 0 Å². The van der Waals surface area contributed by atoms with E-state index >= 15 is 0 Å². The Morgan fingerprint density at radius 3 is 2.44 bits per heavy atom. The zero-order chi connectivity index (χ0) is 13.5. The molecule has 0 bridgehead atoms. The van der Waals surface area contributed by atoms with Gasteiger partial charge in [0.2, 0.25) is 0 Å². The molecule has 0 spiro atoms. The lowest BCUT2D eigenvalue weighted by Gasteiger charge is -2.05. The number of nitrogens with one attached hydrogen (secondary N) is 2. The maximum atomic E-state index is 11.0. The minimum Gasteiger partial charge on any atom is -0.445 e. The van der Waals surface area contributed by atoms with E-state index in [4.69, 9.17) is 10.5 Å². The summed E-state index contributed by atoms with van der Waals surface area (Å²) in [7, 11) is 0. The van der Waals surface area contributed by atoms with E-state index in [1.807, 2.05) is 0 Å². The van der Waals surface area contributed by atoms with Gasteiger partial charge in [0.25, 0.3) is 11.6 Å². The van der Waals surface area contributed by atoms with E-state index in [9.17, 15) is 19.7 Å². The van der Waals surface area contributed by atoms with Gasteiger partial charge >= 0.3 is 6.09 Å². The molecular weight excluding hydrogens is 242 g/mol. The van der Waals surface area contributed by atoms with Crippen LogP contribution in [0, 0.1) is 10.1 Å². The number of rotatable bonds is 5. The second-order valence-corrected chi connectivity index (χ2v) is 3.28. The van der Waals surface area contributed by atoms with E-state index < -0.39 is 23.5 Å². The maximum absolute atomic E-state index is 11.0. The fraction of sp³-hybridized carbons (Fsp3) is 0.200. The number of nitro groups is 1. The fourth-order valence-corrected chi connectivity index (χ4v) is 1.07. The minimum atomic E-state index is -0.928. The molecule has 0 saturated heterocycles. The van der Waals surface area contributed by atoms with Gasteiger partial charge in [0, 0.05) is 12.1 Å². The van der Waals surface area contributed by atoms with Crippen molar-refractivity contribution in [2.45, 2.75) is 6.61 Å². The molecule has 2 amide bonds. The van der Waals surface area contributed by atoms with Crippen molar-refractivity contribution in [2.75, 3.05) is 6.54 Å². The average molecular weight is 252 g/mol. The number of ether oxygens (including phenoxy) is 1. The van der Waals surface area contributed by atoms with Crippen molar-refractivity contribution in [1.29, 1.82) is 0 Å². The lowest BCUT2D eigenvalue weighted by Crippen LogP contribution is -2.30. The molecule has 0 unspecified atom stereocenters. The second-order valence-electron chi connectivity index (χ2n) is 3.28. The molecule has 0 aliphatic carbocycles. The topological polar surface area (TPSA) is 122 Å². The van der Waals surface area contributed by atoms with Crippen LogP contribution in [0.2, 0.25) is 0 Å². The van der Waals surface area contributed by atoms with Crippen molar-refractivity contribution in [1.82, 2.24) is 11.1 Å². The predicted octanol–water partition coefficient (Wildman–Crippen LogP) is 0.630. The number of nitrogens with zero attached hydrogens (tertiary/aromatic N) is 1. The first-order chi connectivity index (χ1) is 8.49. The summed E-state index contributed by atoms with van der Waals surface area (Å²) in [4.78, 5) is 31.1. The standard InChI is InChI=1S/C10H10N3O5/c11-9(14)5-12-10(15)18-6-7-1-3-8(4-2-7)13(16)17/h1-4,11H,5-6H2,(H,12,15). The van der Waals surface area contributed by atoms with E-state index in [1.165, 1.54) is 24.3 Å². The Balaban J connectivity index is 2.41. The van der Waals surface area contributed by atoms with Crippen LogP contribution in [0.4, 0.5) is 10.5 Å². The fourth-order valence-electron chi connectivity index (χ4n) is 1.07. The van der Waals surface area contributed by atoms with E-state index in [0.717, 1.165) is 0 Å². The SMILES string of the molecule is [NH]C(=O)CNC(=O)OCc1ccc([N+](=O)[O-])cc1. The van der Waals surface area contributed by atoms with Crippen LogP contribution in [0.3, 0.4) is 0 Å². The molecule has 2 N–H and O–H groups in total. The number of alkyl carbamates (subject to hydrolysis) is 1. The number of carbonyl (C=O) groups is 2. The van der Waals surface area contributed by atoms with Crippen molar-refractivity contribution in [3.05, 3.63) is 39.9 Å². The van der Waals surface area contributed by atoms with Gasteiger partial charge in [-0.05, 0) is 17.7 Å². The van der Waals surface area contributed by atoms with E-state index in [0.29, 0.717) is 5.56 Å². The first-order valence-electron chi connectivity index (χ1n) is 4.87. The third-order valence-corrected chi connectivity index (χ3v) is 1.91. The molecule has 1 aromatic carbocycles. The van der Waals surface area contributed by atoms with Crippen LogP contribution in [0.15, 0.2) is 24.3 Å². The molecule has 1 radical (unpaired) electrons. The predicted molar refractivity (Wildman–Crippen MR) is 59.4 cm³/mol. The summed E-state index contributed by atoms with van der Waals surface area (Å²) in [6.45, 7) is -0.491. The lowest BCUT2D eigenvalue weighted by molar-refractivity contribution is -0.384. The summed E-state index contributed by atoms with van der Waals surface area (Å²) in [5, 5.41) is 12.5. The molecule has 0 saturated carbocycles. The Morgan fingerprint density at radius 2 is 1.94 bits per heavy atom. The van der Waals surface area contributed by atoms with Crippen LogP contribution in [-0.4, -0.2) is 23.5 Å². The Morgan fingerprint density at radius 1 is 1.33 bits per heavy atom. The van der Waals surface area contributed by atoms with Gasteiger partial charge in [-0.15, -0.1) is 0 Å². The molecule has 1 rings (SSSR count). The van der Waals surface area contributed by atoms with Gasteiger partial charge in [0.05, 0.1) is 4.92 Å². The summed E-state index contributed by atoms with van der Waals surface area (Å²) in [6.07, 6.45) is -0.825. The van der Waals surface area contributed by atoms with Gasteiger partial charge in [-0.3, -0.25) is 20.6 Å². The third kappa shape index (κ3) is 4.47. The molecule has 1 aromatic rings. The maximum Gasteiger partial charge on any atom is 0.407 e. The summed E-state index contributed by atoms with van der Waals surface area (Å²) in [5.41, 5.74) is 7.08. The Bertz CT molecular complexity index is 457. The van der Waals surface area contributed by atoms with Crippen LogP contribution in [-0.2, 0) is 16.1 Å². The number of nitro benzene ring substituents is 1. The van der Waals surface area contributed by atoms with Crippen LogP contribution in [0.1, 0.15) is 5.56 Å². The summed E-state index contributed by atoms with van der Waals surface area (Å²) < 4.78 is 4.72. The highest BCUT2D eigenvalue weighted by Gasteiger charge is 2.06. The smallest absolute Gasteiger partial charge is 0.407 e. The highest BCUT2D eigenvalue weighted by molar-refractivity contribution is 5.80. The zero-order valence-electron chi connectivity index (χ0n) is 9.21. The molecule has 0 atom stereocenters. The molecule has 0 aliphatic rings. The van der Waals surface area contributed by atoms with Gasteiger partial charge in [-0.1, -0.05) is 0 Å². The largest absolute Gasteiger partial charge is 0.445 e. The monoisotopic (exact) mass is 252 g/mol. The van der Waals surface area contributed by atoms with Crippen LogP contribution in [0.25, 0.3) is 0 Å². The highest BCUT2D eigenvalue weighted by Crippen LogP contribution is 2.12. The van der Waals surface area contributed by atoms with Gasteiger partial charge in [-0.2, -0.15) is 0 Å². The van der Waals surface area contributed by atoms with Crippen molar-refractivity contribution in [3.8, 4) is 0 Å². The van der Waals surface area contributed by atoms with Crippen LogP contribution in [0.5, 0.6) is 0 Å². The molecular formula is C10H10N3O5. The Hall–Kier alpha value is -2.64. The molecule has 0 heterocycles. The number of hydrogen-bond acceptors (Lipinski definition) is 5. The van der Waals surface area contributed by atoms with Crippen LogP contribution < -0.4 is 11.1 Å². The van der Waals surface area contributed by atoms with Crippen molar-refractivity contribution in [3.63, 3.8) is 0 Å².